The largest absolute Gasteiger partial charge is 0.352 e. The van der Waals surface area contributed by atoms with Gasteiger partial charge in [-0.1, -0.05) is 66.6 Å². The molecule has 1 atom stereocenters. The minimum atomic E-state index is -4.08. The molecule has 0 radical (unpaired) electrons. The molecule has 0 saturated heterocycles. The molecule has 3 aromatic carbocycles. The molecule has 0 aliphatic heterocycles. The number of rotatable bonds is 11. The average Bonchev–Trinajstić information content (AvgIpc) is 2.88. The van der Waals surface area contributed by atoms with Crippen molar-refractivity contribution < 1.29 is 18.0 Å². The second-order valence-electron chi connectivity index (χ2n) is 10.3. The van der Waals surface area contributed by atoms with Crippen molar-refractivity contribution in [2.45, 2.75) is 71.5 Å². The molecule has 8 heteroatoms. The summed E-state index contributed by atoms with van der Waals surface area (Å²) in [6, 6.07) is 20.5. The molecule has 0 aromatic heterocycles. The maximum Gasteiger partial charge on any atom is 0.264 e. The lowest BCUT2D eigenvalue weighted by atomic mass is 10.1. The molecule has 0 bridgehead atoms. The quantitative estimate of drug-likeness (QED) is 0.359. The highest BCUT2D eigenvalue weighted by Crippen LogP contribution is 2.26. The van der Waals surface area contributed by atoms with E-state index in [1.807, 2.05) is 71.9 Å². The van der Waals surface area contributed by atoms with Crippen molar-refractivity contribution in [3.8, 4) is 0 Å². The molecule has 39 heavy (non-hydrogen) atoms. The lowest BCUT2D eigenvalue weighted by Crippen LogP contribution is -2.53. The Balaban J connectivity index is 2.06. The summed E-state index contributed by atoms with van der Waals surface area (Å²) in [5, 5.41) is 2.91. The fraction of sp³-hybridized carbons (Fsp3) is 0.355. The summed E-state index contributed by atoms with van der Waals surface area (Å²) in [6.07, 6.45) is 0.380. The van der Waals surface area contributed by atoms with Crippen molar-refractivity contribution in [2.75, 3.05) is 10.8 Å². The molecule has 0 saturated carbocycles. The van der Waals surface area contributed by atoms with Gasteiger partial charge in [-0.15, -0.1) is 0 Å². The van der Waals surface area contributed by atoms with Crippen molar-refractivity contribution >= 4 is 27.5 Å². The van der Waals surface area contributed by atoms with Crippen molar-refractivity contribution in [3.63, 3.8) is 0 Å². The fourth-order valence-corrected chi connectivity index (χ4v) is 5.75. The first-order chi connectivity index (χ1) is 18.4. The molecule has 3 aromatic rings. The second-order valence-corrected chi connectivity index (χ2v) is 12.1. The van der Waals surface area contributed by atoms with Crippen LogP contribution in [0.25, 0.3) is 0 Å². The van der Waals surface area contributed by atoms with Gasteiger partial charge in [0.15, 0.2) is 0 Å². The van der Waals surface area contributed by atoms with Gasteiger partial charge in [0.25, 0.3) is 10.0 Å². The second kappa shape index (κ2) is 12.9. The minimum absolute atomic E-state index is 0.0945. The Morgan fingerprint density at radius 2 is 1.44 bits per heavy atom. The summed E-state index contributed by atoms with van der Waals surface area (Å²) in [5.74, 6) is -0.727. The molecule has 0 fully saturated rings. The highest BCUT2D eigenvalue weighted by atomic mass is 32.2. The standard InChI is InChI=1S/C31H39N3O4S/c1-7-29(31(36)32-22(2)3)33(20-26-15-11-23(4)12-16-26)30(35)21-34(27-10-8-9-25(6)19-27)39(37,38)28-17-13-24(5)14-18-28/h8-19,22,29H,7,20-21H2,1-6H3,(H,32,36)/t29-/m0/s1. The van der Waals surface area contributed by atoms with Gasteiger partial charge in [-0.3, -0.25) is 13.9 Å². The Morgan fingerprint density at radius 1 is 0.846 bits per heavy atom. The highest BCUT2D eigenvalue weighted by molar-refractivity contribution is 7.92. The molecular weight excluding hydrogens is 510 g/mol. The zero-order valence-electron chi connectivity index (χ0n) is 23.6. The van der Waals surface area contributed by atoms with Crippen molar-refractivity contribution in [2.24, 2.45) is 0 Å². The van der Waals surface area contributed by atoms with Gasteiger partial charge >= 0.3 is 0 Å². The van der Waals surface area contributed by atoms with Gasteiger partial charge in [-0.05, 0) is 76.4 Å². The number of sulfonamides is 1. The van der Waals surface area contributed by atoms with E-state index in [1.165, 1.54) is 4.90 Å². The number of amides is 2. The molecule has 0 unspecified atom stereocenters. The Labute approximate surface area is 232 Å². The van der Waals surface area contributed by atoms with Crippen LogP contribution in [0.5, 0.6) is 0 Å². The summed E-state index contributed by atoms with van der Waals surface area (Å²) in [7, 11) is -4.08. The zero-order chi connectivity index (χ0) is 28.7. The summed E-state index contributed by atoms with van der Waals surface area (Å²) in [6.45, 7) is 11.0. The first kappa shape index (κ1) is 29.9. The van der Waals surface area contributed by atoms with Crippen molar-refractivity contribution in [1.82, 2.24) is 10.2 Å². The van der Waals surface area contributed by atoms with Gasteiger partial charge in [0.2, 0.25) is 11.8 Å². The van der Waals surface area contributed by atoms with Crippen molar-refractivity contribution in [1.29, 1.82) is 0 Å². The summed E-state index contributed by atoms with van der Waals surface area (Å²) in [5.41, 5.74) is 4.12. The van der Waals surface area contributed by atoms with Crippen LogP contribution < -0.4 is 9.62 Å². The molecule has 1 N–H and O–H groups in total. The monoisotopic (exact) mass is 549 g/mol. The van der Waals surface area contributed by atoms with Crippen LogP contribution in [-0.2, 0) is 26.2 Å². The van der Waals surface area contributed by atoms with Crippen molar-refractivity contribution in [3.05, 3.63) is 95.1 Å². The van der Waals surface area contributed by atoms with Crippen LogP contribution in [0.3, 0.4) is 0 Å². The van der Waals surface area contributed by atoms with E-state index in [4.69, 9.17) is 0 Å². The van der Waals surface area contributed by atoms with E-state index < -0.39 is 28.5 Å². The molecule has 7 nitrogen and oxygen atoms in total. The topological polar surface area (TPSA) is 86.8 Å². The van der Waals surface area contributed by atoms with Crippen LogP contribution >= 0.6 is 0 Å². The van der Waals surface area contributed by atoms with E-state index in [0.717, 1.165) is 26.6 Å². The molecule has 208 valence electrons. The lowest BCUT2D eigenvalue weighted by molar-refractivity contribution is -0.140. The first-order valence-corrected chi connectivity index (χ1v) is 14.7. The van der Waals surface area contributed by atoms with Crippen LogP contribution in [0, 0.1) is 20.8 Å². The van der Waals surface area contributed by atoms with E-state index in [2.05, 4.69) is 5.32 Å². The molecule has 0 aliphatic rings. The molecule has 0 heterocycles. The van der Waals surface area contributed by atoms with Crippen LogP contribution in [-0.4, -0.2) is 43.8 Å². The highest BCUT2D eigenvalue weighted by Gasteiger charge is 2.33. The normalized spacial score (nSPS) is 12.2. The summed E-state index contributed by atoms with van der Waals surface area (Å²) in [4.78, 5) is 28.8. The van der Waals surface area contributed by atoms with Gasteiger partial charge in [-0.2, -0.15) is 0 Å². The number of nitrogens with zero attached hydrogens (tertiary/aromatic N) is 2. The fourth-order valence-electron chi connectivity index (χ4n) is 4.34. The number of carbonyl (C=O) groups excluding carboxylic acids is 2. The van der Waals surface area contributed by atoms with E-state index in [9.17, 15) is 18.0 Å². The van der Waals surface area contributed by atoms with Gasteiger partial charge in [0, 0.05) is 12.6 Å². The zero-order valence-corrected chi connectivity index (χ0v) is 24.5. The van der Waals surface area contributed by atoms with Crippen LogP contribution in [0.4, 0.5) is 5.69 Å². The third-order valence-corrected chi connectivity index (χ3v) is 8.26. The number of nitrogens with one attached hydrogen (secondary N) is 1. The first-order valence-electron chi connectivity index (χ1n) is 13.2. The Bertz CT molecular complexity index is 1380. The van der Waals surface area contributed by atoms with E-state index in [0.29, 0.717) is 12.1 Å². The third kappa shape index (κ3) is 7.69. The summed E-state index contributed by atoms with van der Waals surface area (Å²) >= 11 is 0. The van der Waals surface area contributed by atoms with Gasteiger partial charge in [0.1, 0.15) is 12.6 Å². The predicted octanol–water partition coefficient (Wildman–Crippen LogP) is 5.14. The summed E-state index contributed by atoms with van der Waals surface area (Å²) < 4.78 is 28.9. The van der Waals surface area contributed by atoms with E-state index >= 15 is 0 Å². The smallest absolute Gasteiger partial charge is 0.264 e. The molecule has 0 spiro atoms. The van der Waals surface area contributed by atoms with Crippen LogP contribution in [0.2, 0.25) is 0 Å². The lowest BCUT2D eigenvalue weighted by Gasteiger charge is -2.33. The number of carbonyl (C=O) groups is 2. The average molecular weight is 550 g/mol. The van der Waals surface area contributed by atoms with Crippen LogP contribution in [0.15, 0.2) is 77.7 Å². The van der Waals surface area contributed by atoms with Gasteiger partial charge in [0.05, 0.1) is 10.6 Å². The number of benzene rings is 3. The van der Waals surface area contributed by atoms with E-state index in [-0.39, 0.29) is 23.4 Å². The Hall–Kier alpha value is -3.65. The minimum Gasteiger partial charge on any atom is -0.352 e. The molecule has 0 aliphatic carbocycles. The number of anilines is 1. The Morgan fingerprint density at radius 3 is 1.97 bits per heavy atom. The molecular formula is C31H39N3O4S. The molecule has 3 rings (SSSR count). The maximum absolute atomic E-state index is 14.0. The number of hydrogen-bond acceptors (Lipinski definition) is 4. The SMILES string of the molecule is CC[C@@H](C(=O)NC(C)C)N(Cc1ccc(C)cc1)C(=O)CN(c1cccc(C)c1)S(=O)(=O)c1ccc(C)cc1. The maximum atomic E-state index is 14.0. The van der Waals surface area contributed by atoms with E-state index in [1.54, 1.807) is 42.5 Å². The number of hydrogen-bond donors (Lipinski definition) is 1. The third-order valence-electron chi connectivity index (χ3n) is 6.47. The number of aryl methyl sites for hydroxylation is 3. The van der Waals surface area contributed by atoms with Gasteiger partial charge < -0.3 is 10.2 Å². The van der Waals surface area contributed by atoms with Crippen LogP contribution in [0.1, 0.15) is 49.4 Å². The predicted molar refractivity (Wildman–Crippen MR) is 156 cm³/mol. The molecule has 2 amide bonds. The Kier molecular flexibility index (Phi) is 9.92. The van der Waals surface area contributed by atoms with Gasteiger partial charge in [-0.25, -0.2) is 8.42 Å².